The maximum absolute atomic E-state index is 9.30. The summed E-state index contributed by atoms with van der Waals surface area (Å²) in [4.78, 5) is 0. The van der Waals surface area contributed by atoms with Crippen molar-refractivity contribution < 1.29 is 19.7 Å². The Morgan fingerprint density at radius 1 is 0.706 bits per heavy atom. The Kier molecular flexibility index (Phi) is 9.62. The first-order valence-electron chi connectivity index (χ1n) is 12.6. The molecule has 0 fully saturated rings. The van der Waals surface area contributed by atoms with Crippen molar-refractivity contribution in [1.82, 2.24) is 0 Å². The Hall–Kier alpha value is -2.04. The van der Waals surface area contributed by atoms with E-state index < -0.39 is 0 Å². The van der Waals surface area contributed by atoms with Crippen molar-refractivity contribution in [1.29, 1.82) is 0 Å². The Bertz CT molecular complexity index is 872. The van der Waals surface area contributed by atoms with Gasteiger partial charge < -0.3 is 19.7 Å². The molecule has 0 heterocycles. The number of ether oxygens (including phenoxy) is 2. The Morgan fingerprint density at radius 2 is 1.09 bits per heavy atom. The highest BCUT2D eigenvalue weighted by atomic mass is 16.5. The van der Waals surface area contributed by atoms with Crippen LogP contribution in [0.2, 0.25) is 0 Å². The van der Waals surface area contributed by atoms with Gasteiger partial charge in [-0.25, -0.2) is 0 Å². The van der Waals surface area contributed by atoms with Gasteiger partial charge in [-0.2, -0.15) is 0 Å². The zero-order valence-corrected chi connectivity index (χ0v) is 22.8. The van der Waals surface area contributed by atoms with Crippen LogP contribution in [0.4, 0.5) is 0 Å². The second-order valence-electron chi connectivity index (χ2n) is 11.4. The molecule has 190 valence electrons. The molecule has 0 saturated heterocycles. The summed E-state index contributed by atoms with van der Waals surface area (Å²) < 4.78 is 11.9. The predicted molar refractivity (Wildman–Crippen MR) is 142 cm³/mol. The molecule has 0 aromatic heterocycles. The van der Waals surface area contributed by atoms with Crippen LogP contribution in [0.25, 0.3) is 0 Å². The number of rotatable bonds is 10. The fourth-order valence-corrected chi connectivity index (χ4v) is 4.64. The minimum atomic E-state index is -0.0857. The highest BCUT2D eigenvalue weighted by molar-refractivity contribution is 5.53. The fraction of sp³-hybridized carbons (Fsp3) is 0.600. The van der Waals surface area contributed by atoms with Crippen LogP contribution in [0.5, 0.6) is 11.5 Å². The minimum Gasteiger partial charge on any atom is -0.491 e. The van der Waals surface area contributed by atoms with Gasteiger partial charge in [-0.15, -0.1) is 0 Å². The smallest absolute Gasteiger partial charge is 0.123 e. The lowest BCUT2D eigenvalue weighted by Crippen LogP contribution is -2.18. The van der Waals surface area contributed by atoms with Crippen molar-refractivity contribution in [3.63, 3.8) is 0 Å². The molecular formula is C30H46O4. The third kappa shape index (κ3) is 6.76. The van der Waals surface area contributed by atoms with E-state index in [4.69, 9.17) is 9.47 Å². The van der Waals surface area contributed by atoms with Gasteiger partial charge in [-0.1, -0.05) is 67.0 Å². The molecule has 0 radical (unpaired) electrons. The first kappa shape index (κ1) is 28.2. The lowest BCUT2D eigenvalue weighted by molar-refractivity contribution is 0.198. The minimum absolute atomic E-state index is 0.00230. The maximum Gasteiger partial charge on any atom is 0.123 e. The molecule has 34 heavy (non-hydrogen) atoms. The van der Waals surface area contributed by atoms with Crippen molar-refractivity contribution in [2.24, 2.45) is 0 Å². The van der Waals surface area contributed by atoms with Gasteiger partial charge in [-0.3, -0.25) is 0 Å². The molecule has 4 nitrogen and oxygen atoms in total. The van der Waals surface area contributed by atoms with Crippen LogP contribution in [0, 0.1) is 13.8 Å². The lowest BCUT2D eigenvalue weighted by atomic mass is 9.76. The van der Waals surface area contributed by atoms with Crippen molar-refractivity contribution in [2.75, 3.05) is 26.4 Å². The first-order chi connectivity index (χ1) is 15.8. The van der Waals surface area contributed by atoms with E-state index in [1.54, 1.807) is 0 Å². The van der Waals surface area contributed by atoms with Crippen LogP contribution in [0.1, 0.15) is 101 Å². The Labute approximate surface area is 207 Å². The molecule has 2 aromatic rings. The van der Waals surface area contributed by atoms with Crippen LogP contribution < -0.4 is 9.47 Å². The normalized spacial score (nSPS) is 12.4. The summed E-state index contributed by atoms with van der Waals surface area (Å²) in [5, 5.41) is 18.6. The monoisotopic (exact) mass is 470 g/mol. The van der Waals surface area contributed by atoms with E-state index in [1.807, 2.05) is 0 Å². The van der Waals surface area contributed by atoms with Gasteiger partial charge in [0.2, 0.25) is 0 Å². The van der Waals surface area contributed by atoms with E-state index in [2.05, 4.69) is 86.6 Å². The van der Waals surface area contributed by atoms with Crippen LogP contribution in [-0.4, -0.2) is 36.6 Å². The van der Waals surface area contributed by atoms with Gasteiger partial charge in [0, 0.05) is 5.92 Å². The number of aliphatic hydroxyl groups excluding tert-OH is 2. The molecule has 2 rings (SSSR count). The number of benzene rings is 2. The molecule has 0 saturated carbocycles. The first-order valence-corrected chi connectivity index (χ1v) is 12.6. The molecule has 0 aliphatic rings. The SMILES string of the molecule is CCCC(c1cc(C(C)(C)C)c(OCCO)cc1C)c1cc(C(C)(C)C)c(OCCO)cc1C. The zero-order chi connectivity index (χ0) is 25.7. The third-order valence-electron chi connectivity index (χ3n) is 6.38. The van der Waals surface area contributed by atoms with Gasteiger partial charge in [0.15, 0.2) is 0 Å². The van der Waals surface area contributed by atoms with Gasteiger partial charge in [-0.05, 0) is 76.6 Å². The van der Waals surface area contributed by atoms with E-state index in [-0.39, 0.29) is 30.0 Å². The van der Waals surface area contributed by atoms with E-state index in [0.29, 0.717) is 13.2 Å². The summed E-state index contributed by atoms with van der Waals surface area (Å²) in [6, 6.07) is 8.95. The fourth-order valence-electron chi connectivity index (χ4n) is 4.64. The van der Waals surface area contributed by atoms with Crippen molar-refractivity contribution in [3.05, 3.63) is 57.6 Å². The topological polar surface area (TPSA) is 58.9 Å². The van der Waals surface area contributed by atoms with Crippen LogP contribution in [0.15, 0.2) is 24.3 Å². The summed E-state index contributed by atoms with van der Waals surface area (Å²) in [6.45, 7) is 20.4. The third-order valence-corrected chi connectivity index (χ3v) is 6.38. The summed E-state index contributed by atoms with van der Waals surface area (Å²) in [6.07, 6.45) is 2.12. The lowest BCUT2D eigenvalue weighted by Gasteiger charge is -2.30. The van der Waals surface area contributed by atoms with Crippen molar-refractivity contribution in [3.8, 4) is 11.5 Å². The number of hydrogen-bond donors (Lipinski definition) is 2. The molecule has 4 heteroatoms. The average Bonchev–Trinajstić information content (AvgIpc) is 2.73. The molecule has 0 unspecified atom stereocenters. The van der Waals surface area contributed by atoms with E-state index in [0.717, 1.165) is 24.3 Å². The molecule has 2 aromatic carbocycles. The van der Waals surface area contributed by atoms with E-state index in [1.165, 1.54) is 33.4 Å². The van der Waals surface area contributed by atoms with Crippen molar-refractivity contribution in [2.45, 2.75) is 91.9 Å². The molecule has 0 atom stereocenters. The van der Waals surface area contributed by atoms with E-state index >= 15 is 0 Å². The number of aryl methyl sites for hydroxylation is 2. The average molecular weight is 471 g/mol. The Morgan fingerprint density at radius 3 is 1.38 bits per heavy atom. The molecule has 0 bridgehead atoms. The van der Waals surface area contributed by atoms with Crippen LogP contribution in [0.3, 0.4) is 0 Å². The molecule has 0 aliphatic heterocycles. The van der Waals surface area contributed by atoms with Gasteiger partial charge in [0.1, 0.15) is 24.7 Å². The highest BCUT2D eigenvalue weighted by Gasteiger charge is 2.27. The highest BCUT2D eigenvalue weighted by Crippen LogP contribution is 2.43. The van der Waals surface area contributed by atoms with Gasteiger partial charge in [0.25, 0.3) is 0 Å². The molecule has 0 spiro atoms. The molecule has 0 amide bonds. The van der Waals surface area contributed by atoms with Gasteiger partial charge >= 0.3 is 0 Å². The quantitative estimate of drug-likeness (QED) is 0.412. The summed E-state index contributed by atoms with van der Waals surface area (Å²) >= 11 is 0. The maximum atomic E-state index is 9.30. The summed E-state index contributed by atoms with van der Waals surface area (Å²) in [5.74, 6) is 1.97. The summed E-state index contributed by atoms with van der Waals surface area (Å²) in [5.41, 5.74) is 7.23. The molecule has 2 N–H and O–H groups in total. The molecular weight excluding hydrogens is 424 g/mol. The van der Waals surface area contributed by atoms with E-state index in [9.17, 15) is 10.2 Å². The second kappa shape index (κ2) is 11.6. The van der Waals surface area contributed by atoms with Crippen molar-refractivity contribution >= 4 is 0 Å². The van der Waals surface area contributed by atoms with Crippen LogP contribution in [-0.2, 0) is 10.8 Å². The number of hydrogen-bond acceptors (Lipinski definition) is 4. The largest absolute Gasteiger partial charge is 0.491 e. The zero-order valence-electron chi connectivity index (χ0n) is 22.8. The van der Waals surface area contributed by atoms with Gasteiger partial charge in [0.05, 0.1) is 13.2 Å². The molecule has 0 aliphatic carbocycles. The predicted octanol–water partition coefficient (Wildman–Crippen LogP) is 6.57. The number of aliphatic hydroxyl groups is 2. The summed E-state index contributed by atoms with van der Waals surface area (Å²) in [7, 11) is 0. The second-order valence-corrected chi connectivity index (χ2v) is 11.4. The Balaban J connectivity index is 2.73. The van der Waals surface area contributed by atoms with Crippen LogP contribution >= 0.6 is 0 Å². The standard InChI is InChI=1S/C30H46O4/c1-10-11-22(23-18-25(29(4,5)6)27(16-20(23)2)33-14-12-31)24-19-26(30(7,8)9)28(17-21(24)3)34-15-13-32/h16-19,22,31-32H,10-15H2,1-9H3.